The van der Waals surface area contributed by atoms with Crippen LogP contribution in [0.4, 0.5) is 0 Å². The number of benzene rings is 2. The predicted molar refractivity (Wildman–Crippen MR) is 107 cm³/mol. The molecule has 0 bridgehead atoms. The van der Waals surface area contributed by atoms with Crippen LogP contribution in [0.2, 0.25) is 0 Å². The highest BCUT2D eigenvalue weighted by atomic mass is 32.2. The zero-order valence-electron chi connectivity index (χ0n) is 15.0. The largest absolute Gasteiger partial charge is 0.481 e. The number of para-hydroxylation sites is 3. The number of nitrogens with one attached hydrogen (secondary N) is 1. The lowest BCUT2D eigenvalue weighted by Crippen LogP contribution is -2.20. The Morgan fingerprint density at radius 2 is 2.00 bits per heavy atom. The number of amides is 1. The van der Waals surface area contributed by atoms with E-state index >= 15 is 0 Å². The number of hydrogen-bond acceptors (Lipinski definition) is 6. The summed E-state index contributed by atoms with van der Waals surface area (Å²) in [6.07, 6.45) is 1.41. The van der Waals surface area contributed by atoms with Crippen LogP contribution in [0.25, 0.3) is 11.0 Å². The van der Waals surface area contributed by atoms with Gasteiger partial charge in [-0.1, -0.05) is 36.0 Å². The molecule has 9 heteroatoms. The van der Waals surface area contributed by atoms with Gasteiger partial charge in [0.1, 0.15) is 5.75 Å². The number of aromatic nitrogens is 2. The van der Waals surface area contributed by atoms with Crippen molar-refractivity contribution in [2.75, 3.05) is 12.4 Å². The van der Waals surface area contributed by atoms with Gasteiger partial charge in [0, 0.05) is 12.6 Å². The summed E-state index contributed by atoms with van der Waals surface area (Å²) in [4.78, 5) is 27.2. The minimum Gasteiger partial charge on any atom is -0.481 e. The van der Waals surface area contributed by atoms with Crippen molar-refractivity contribution in [3.63, 3.8) is 0 Å². The number of hydrazone groups is 1. The lowest BCUT2D eigenvalue weighted by molar-refractivity contribution is -0.139. The second-order valence-corrected chi connectivity index (χ2v) is 6.69. The van der Waals surface area contributed by atoms with Crippen LogP contribution in [0.1, 0.15) is 5.56 Å². The average Bonchev–Trinajstić information content (AvgIpc) is 3.01. The van der Waals surface area contributed by atoms with Crippen LogP contribution in [0.5, 0.6) is 5.75 Å². The lowest BCUT2D eigenvalue weighted by atomic mass is 10.2. The molecule has 28 heavy (non-hydrogen) atoms. The second-order valence-electron chi connectivity index (χ2n) is 5.74. The van der Waals surface area contributed by atoms with Crippen molar-refractivity contribution in [1.82, 2.24) is 15.0 Å². The first-order valence-electron chi connectivity index (χ1n) is 8.34. The van der Waals surface area contributed by atoms with E-state index in [0.717, 1.165) is 16.2 Å². The van der Waals surface area contributed by atoms with Crippen molar-refractivity contribution >= 4 is 40.9 Å². The van der Waals surface area contributed by atoms with Crippen molar-refractivity contribution in [3.05, 3.63) is 54.1 Å². The van der Waals surface area contributed by atoms with Crippen molar-refractivity contribution in [2.45, 2.75) is 5.16 Å². The van der Waals surface area contributed by atoms with Gasteiger partial charge in [0.2, 0.25) is 0 Å². The van der Waals surface area contributed by atoms with E-state index < -0.39 is 12.6 Å². The van der Waals surface area contributed by atoms with Gasteiger partial charge in [0.25, 0.3) is 5.91 Å². The molecule has 0 aliphatic rings. The molecule has 0 saturated carbocycles. The van der Waals surface area contributed by atoms with Gasteiger partial charge in [-0.15, -0.1) is 0 Å². The number of carbonyl (C=O) groups is 2. The number of imidazole rings is 1. The van der Waals surface area contributed by atoms with E-state index in [-0.39, 0.29) is 11.7 Å². The van der Waals surface area contributed by atoms with Gasteiger partial charge in [-0.05, 0) is 24.3 Å². The molecule has 2 N–H and O–H groups in total. The first-order valence-corrected chi connectivity index (χ1v) is 9.33. The third-order valence-corrected chi connectivity index (χ3v) is 4.77. The maximum Gasteiger partial charge on any atom is 0.341 e. The van der Waals surface area contributed by atoms with Crippen LogP contribution in [-0.2, 0) is 16.6 Å². The molecule has 1 amide bonds. The Hall–Kier alpha value is -3.33. The van der Waals surface area contributed by atoms with Crippen LogP contribution in [0.15, 0.2) is 58.8 Å². The summed E-state index contributed by atoms with van der Waals surface area (Å²) in [5, 5.41) is 13.4. The fourth-order valence-corrected chi connectivity index (χ4v) is 3.23. The summed E-state index contributed by atoms with van der Waals surface area (Å²) in [5.41, 5.74) is 4.89. The number of fused-ring (bicyclic) bond motifs is 1. The molecule has 0 atom stereocenters. The van der Waals surface area contributed by atoms with E-state index in [1.54, 1.807) is 24.3 Å². The molecule has 0 spiro atoms. The van der Waals surface area contributed by atoms with Crippen LogP contribution in [0, 0.1) is 0 Å². The zero-order chi connectivity index (χ0) is 19.9. The Kier molecular flexibility index (Phi) is 6.28. The highest BCUT2D eigenvalue weighted by Crippen LogP contribution is 2.22. The summed E-state index contributed by atoms with van der Waals surface area (Å²) < 4.78 is 7.12. The molecular formula is C19H18N4O4S. The number of carbonyl (C=O) groups excluding carboxylic acids is 1. The van der Waals surface area contributed by atoms with Crippen LogP contribution < -0.4 is 10.2 Å². The van der Waals surface area contributed by atoms with E-state index in [9.17, 15) is 9.59 Å². The Morgan fingerprint density at radius 1 is 1.25 bits per heavy atom. The number of ether oxygens (including phenoxy) is 1. The van der Waals surface area contributed by atoms with E-state index in [1.807, 2.05) is 35.9 Å². The van der Waals surface area contributed by atoms with Gasteiger partial charge < -0.3 is 14.4 Å². The summed E-state index contributed by atoms with van der Waals surface area (Å²) in [6.45, 7) is -0.453. The van der Waals surface area contributed by atoms with Crippen molar-refractivity contribution in [2.24, 2.45) is 12.1 Å². The molecule has 1 aromatic heterocycles. The minimum absolute atomic E-state index is 0.158. The SMILES string of the molecule is Cn1c(SCC(=O)NN=Cc2ccccc2OCC(=O)O)nc2ccccc21. The number of nitrogens with zero attached hydrogens (tertiary/aromatic N) is 3. The first kappa shape index (κ1) is 19.4. The Bertz CT molecular complexity index is 1030. The van der Waals surface area contributed by atoms with Gasteiger partial charge in [-0.25, -0.2) is 15.2 Å². The van der Waals surface area contributed by atoms with Crippen LogP contribution in [-0.4, -0.2) is 45.1 Å². The predicted octanol–water partition coefficient (Wildman–Crippen LogP) is 2.28. The molecule has 0 radical (unpaired) electrons. The third-order valence-electron chi connectivity index (χ3n) is 3.74. The molecule has 0 fully saturated rings. The molecular weight excluding hydrogens is 380 g/mol. The Balaban J connectivity index is 1.55. The maximum absolute atomic E-state index is 12.0. The van der Waals surface area contributed by atoms with Crippen molar-refractivity contribution in [3.8, 4) is 5.75 Å². The van der Waals surface area contributed by atoms with Gasteiger partial charge in [-0.3, -0.25) is 4.79 Å². The number of rotatable bonds is 8. The van der Waals surface area contributed by atoms with Crippen molar-refractivity contribution < 1.29 is 19.4 Å². The molecule has 8 nitrogen and oxygen atoms in total. The molecule has 0 aliphatic carbocycles. The van der Waals surface area contributed by atoms with E-state index in [0.29, 0.717) is 11.3 Å². The topological polar surface area (TPSA) is 106 Å². The summed E-state index contributed by atoms with van der Waals surface area (Å²) >= 11 is 1.32. The second kappa shape index (κ2) is 9.05. The Labute approximate surface area is 165 Å². The number of thioether (sulfide) groups is 1. The normalized spacial score (nSPS) is 11.0. The molecule has 3 aromatic rings. The van der Waals surface area contributed by atoms with E-state index in [4.69, 9.17) is 9.84 Å². The highest BCUT2D eigenvalue weighted by Gasteiger charge is 2.10. The smallest absolute Gasteiger partial charge is 0.341 e. The third kappa shape index (κ3) is 4.89. The van der Waals surface area contributed by atoms with Gasteiger partial charge in [0.05, 0.1) is 23.0 Å². The van der Waals surface area contributed by atoms with E-state index in [2.05, 4.69) is 15.5 Å². The first-order chi connectivity index (χ1) is 13.5. The fraction of sp³-hybridized carbons (Fsp3) is 0.158. The molecule has 2 aromatic carbocycles. The molecule has 1 heterocycles. The number of hydrogen-bond donors (Lipinski definition) is 2. The molecule has 3 rings (SSSR count). The Morgan fingerprint density at radius 3 is 2.79 bits per heavy atom. The van der Waals surface area contributed by atoms with E-state index in [1.165, 1.54) is 18.0 Å². The number of aliphatic carboxylic acids is 1. The average molecular weight is 398 g/mol. The minimum atomic E-state index is -1.07. The van der Waals surface area contributed by atoms with Gasteiger partial charge >= 0.3 is 5.97 Å². The summed E-state index contributed by atoms with van der Waals surface area (Å²) in [7, 11) is 1.90. The number of carboxylic acids is 1. The zero-order valence-corrected chi connectivity index (χ0v) is 15.8. The number of aryl methyl sites for hydroxylation is 1. The molecule has 144 valence electrons. The highest BCUT2D eigenvalue weighted by molar-refractivity contribution is 7.99. The van der Waals surface area contributed by atoms with Gasteiger partial charge in [0.15, 0.2) is 11.8 Å². The fourth-order valence-electron chi connectivity index (χ4n) is 2.45. The summed E-state index contributed by atoms with van der Waals surface area (Å²) in [6, 6.07) is 14.6. The quantitative estimate of drug-likeness (QED) is 0.343. The van der Waals surface area contributed by atoms with Gasteiger partial charge in [-0.2, -0.15) is 5.10 Å². The van der Waals surface area contributed by atoms with Crippen LogP contribution in [0.3, 0.4) is 0 Å². The molecule has 0 unspecified atom stereocenters. The summed E-state index contributed by atoms with van der Waals surface area (Å²) in [5.74, 6) is -0.820. The molecule has 0 aliphatic heterocycles. The maximum atomic E-state index is 12.0. The number of carboxylic acid groups (broad SMARTS) is 1. The monoisotopic (exact) mass is 398 g/mol. The molecule has 0 saturated heterocycles. The van der Waals surface area contributed by atoms with Crippen molar-refractivity contribution in [1.29, 1.82) is 0 Å². The standard InChI is InChI=1S/C19H18N4O4S/c1-23-15-8-4-3-7-14(15)21-19(23)28-12-17(24)22-20-10-13-6-2-5-9-16(13)27-11-18(25)26/h2-10H,11-12H2,1H3,(H,22,24)(H,25,26). The lowest BCUT2D eigenvalue weighted by Gasteiger charge is -2.06. The van der Waals surface area contributed by atoms with Crippen LogP contribution >= 0.6 is 11.8 Å².